The zero-order valence-electron chi connectivity index (χ0n) is 16.0. The van der Waals surface area contributed by atoms with Gasteiger partial charge in [0, 0.05) is 12.2 Å². The van der Waals surface area contributed by atoms with Gasteiger partial charge in [-0.2, -0.15) is 0 Å². The van der Waals surface area contributed by atoms with Crippen molar-refractivity contribution in [2.24, 2.45) is 0 Å². The van der Waals surface area contributed by atoms with Crippen molar-refractivity contribution in [3.05, 3.63) is 54.3 Å². The summed E-state index contributed by atoms with van der Waals surface area (Å²) in [5.41, 5.74) is 0.840. The van der Waals surface area contributed by atoms with Gasteiger partial charge in [0.1, 0.15) is 17.3 Å². The first-order valence-corrected chi connectivity index (χ1v) is 9.77. The highest BCUT2D eigenvalue weighted by atomic mass is 19.1. The van der Waals surface area contributed by atoms with Crippen molar-refractivity contribution in [3.8, 4) is 11.5 Å². The van der Waals surface area contributed by atoms with Crippen LogP contribution >= 0.6 is 0 Å². The molecule has 0 bridgehead atoms. The Bertz CT molecular complexity index is 804. The molecular formula is C22H25FN2O3. The molecule has 0 unspecified atom stereocenters. The monoisotopic (exact) mass is 384 g/mol. The lowest BCUT2D eigenvalue weighted by molar-refractivity contribution is -0.135. The Kier molecular flexibility index (Phi) is 5.48. The Hall–Kier alpha value is -2.60. The van der Waals surface area contributed by atoms with E-state index in [9.17, 15) is 9.18 Å². The van der Waals surface area contributed by atoms with Gasteiger partial charge in [0.25, 0.3) is 5.91 Å². The van der Waals surface area contributed by atoms with Crippen LogP contribution in [0.15, 0.2) is 48.5 Å². The van der Waals surface area contributed by atoms with Gasteiger partial charge in [-0.3, -0.25) is 4.79 Å². The topological polar surface area (TPSA) is 42.0 Å². The van der Waals surface area contributed by atoms with Gasteiger partial charge in [0.2, 0.25) is 0 Å². The smallest absolute Gasteiger partial charge is 0.270 e. The normalized spacial score (nSPS) is 22.6. The maximum Gasteiger partial charge on any atom is 0.270 e. The van der Waals surface area contributed by atoms with Crippen molar-refractivity contribution >= 4 is 11.6 Å². The molecule has 6 heteroatoms. The van der Waals surface area contributed by atoms with Crippen molar-refractivity contribution in [2.45, 2.75) is 31.4 Å². The number of halogens is 1. The highest BCUT2D eigenvalue weighted by Crippen LogP contribution is 2.33. The Morgan fingerprint density at radius 3 is 2.25 bits per heavy atom. The van der Waals surface area contributed by atoms with Crippen LogP contribution in [0, 0.1) is 5.82 Å². The molecule has 2 aliphatic heterocycles. The number of likely N-dealkylation sites (tertiary alicyclic amines) is 1. The highest BCUT2D eigenvalue weighted by Gasteiger charge is 2.50. The van der Waals surface area contributed by atoms with E-state index in [1.807, 2.05) is 29.2 Å². The Morgan fingerprint density at radius 1 is 0.964 bits per heavy atom. The van der Waals surface area contributed by atoms with Crippen LogP contribution < -0.4 is 14.4 Å². The minimum absolute atomic E-state index is 0.0727. The predicted molar refractivity (Wildman–Crippen MR) is 105 cm³/mol. The largest absolute Gasteiger partial charge is 0.497 e. The molecule has 2 heterocycles. The van der Waals surface area contributed by atoms with Gasteiger partial charge >= 0.3 is 0 Å². The summed E-state index contributed by atoms with van der Waals surface area (Å²) in [6, 6.07) is 13.3. The molecule has 2 aromatic carbocycles. The molecule has 0 aliphatic carbocycles. The fourth-order valence-corrected chi connectivity index (χ4v) is 3.95. The van der Waals surface area contributed by atoms with Crippen molar-refractivity contribution in [3.63, 3.8) is 0 Å². The van der Waals surface area contributed by atoms with Gasteiger partial charge < -0.3 is 19.3 Å². The number of methoxy groups -OCH3 is 1. The highest BCUT2D eigenvalue weighted by molar-refractivity contribution is 6.05. The number of amides is 1. The molecule has 0 radical (unpaired) electrons. The van der Waals surface area contributed by atoms with Crippen LogP contribution in [0.1, 0.15) is 19.3 Å². The lowest BCUT2D eigenvalue weighted by Gasteiger charge is -2.48. The minimum Gasteiger partial charge on any atom is -0.497 e. The number of hydrogen-bond acceptors (Lipinski definition) is 4. The van der Waals surface area contributed by atoms with Crippen LogP contribution in [0.3, 0.4) is 0 Å². The Labute approximate surface area is 164 Å². The molecule has 28 heavy (non-hydrogen) atoms. The lowest BCUT2D eigenvalue weighted by Crippen LogP contribution is -2.70. The summed E-state index contributed by atoms with van der Waals surface area (Å²) in [6.45, 7) is 2.86. The number of piperidine rings is 1. The molecule has 0 saturated carbocycles. The molecule has 2 aromatic rings. The third kappa shape index (κ3) is 3.83. The van der Waals surface area contributed by atoms with Crippen molar-refractivity contribution in [2.75, 3.05) is 31.6 Å². The summed E-state index contributed by atoms with van der Waals surface area (Å²) in [6.07, 6.45) is 3.08. The van der Waals surface area contributed by atoms with Crippen LogP contribution in [0.2, 0.25) is 0 Å². The summed E-state index contributed by atoms with van der Waals surface area (Å²) >= 11 is 0. The summed E-state index contributed by atoms with van der Waals surface area (Å²) < 4.78 is 24.4. The van der Waals surface area contributed by atoms with Crippen molar-refractivity contribution < 1.29 is 18.7 Å². The standard InChI is InChI=1S/C22H25FN2O3/c1-27-18-11-7-17(8-12-18)25-20(15-24-13-3-2-4-14-24)21(22(25)26)28-19-9-5-16(23)6-10-19/h5-12,20-21H,2-4,13-15H2,1H3/t20-,21+/m0/s1. The SMILES string of the molecule is COc1ccc(N2C(=O)[C@H](Oc3ccc(F)cc3)[C@@H]2CN2CCCCC2)cc1. The molecule has 148 valence electrons. The molecule has 0 aromatic heterocycles. The van der Waals surface area contributed by atoms with Gasteiger partial charge in [-0.1, -0.05) is 6.42 Å². The lowest BCUT2D eigenvalue weighted by atomic mass is 9.94. The molecule has 2 saturated heterocycles. The maximum absolute atomic E-state index is 13.2. The van der Waals surface area contributed by atoms with Crippen LogP contribution in [-0.2, 0) is 4.79 Å². The maximum atomic E-state index is 13.2. The van der Waals surface area contributed by atoms with E-state index in [2.05, 4.69) is 4.90 Å². The van der Waals surface area contributed by atoms with E-state index < -0.39 is 6.10 Å². The second kappa shape index (κ2) is 8.19. The predicted octanol–water partition coefficient (Wildman–Crippen LogP) is 3.48. The van der Waals surface area contributed by atoms with Crippen LogP contribution in [0.25, 0.3) is 0 Å². The van der Waals surface area contributed by atoms with E-state index in [-0.39, 0.29) is 17.8 Å². The summed E-state index contributed by atoms with van der Waals surface area (Å²) in [4.78, 5) is 17.1. The Balaban J connectivity index is 1.54. The zero-order valence-corrected chi connectivity index (χ0v) is 16.0. The summed E-state index contributed by atoms with van der Waals surface area (Å²) in [5, 5.41) is 0. The number of nitrogens with zero attached hydrogens (tertiary/aromatic N) is 2. The quantitative estimate of drug-likeness (QED) is 0.715. The molecule has 0 spiro atoms. The van der Waals surface area contributed by atoms with Crippen LogP contribution in [0.5, 0.6) is 11.5 Å². The first kappa shape index (κ1) is 18.7. The summed E-state index contributed by atoms with van der Waals surface area (Å²) in [5.74, 6) is 0.870. The molecule has 2 aliphatic rings. The van der Waals surface area contributed by atoms with Crippen LogP contribution in [-0.4, -0.2) is 49.7 Å². The molecule has 1 amide bonds. The minimum atomic E-state index is -0.561. The van der Waals surface area contributed by atoms with Gasteiger partial charge in [-0.05, 0) is 74.5 Å². The first-order chi connectivity index (χ1) is 13.7. The van der Waals surface area contributed by atoms with Gasteiger partial charge in [-0.25, -0.2) is 4.39 Å². The first-order valence-electron chi connectivity index (χ1n) is 9.77. The van der Waals surface area contributed by atoms with E-state index in [4.69, 9.17) is 9.47 Å². The van der Waals surface area contributed by atoms with Crippen LogP contribution in [0.4, 0.5) is 10.1 Å². The van der Waals surface area contributed by atoms with E-state index in [0.717, 1.165) is 31.1 Å². The number of hydrogen-bond donors (Lipinski definition) is 0. The number of ether oxygens (including phenoxy) is 2. The molecular weight excluding hydrogens is 359 g/mol. The van der Waals surface area contributed by atoms with Crippen molar-refractivity contribution in [1.29, 1.82) is 0 Å². The molecule has 0 N–H and O–H groups in total. The molecule has 2 atom stereocenters. The molecule has 2 fully saturated rings. The molecule has 5 nitrogen and oxygen atoms in total. The summed E-state index contributed by atoms with van der Waals surface area (Å²) in [7, 11) is 1.62. The van der Waals surface area contributed by atoms with Crippen molar-refractivity contribution in [1.82, 2.24) is 4.90 Å². The number of benzene rings is 2. The third-order valence-corrected chi connectivity index (χ3v) is 5.48. The fourth-order valence-electron chi connectivity index (χ4n) is 3.95. The number of rotatable bonds is 6. The average molecular weight is 384 g/mol. The second-order valence-electron chi connectivity index (χ2n) is 7.33. The Morgan fingerprint density at radius 2 is 1.61 bits per heavy atom. The van der Waals surface area contributed by atoms with E-state index in [0.29, 0.717) is 5.75 Å². The fraction of sp³-hybridized carbons (Fsp3) is 0.409. The number of carbonyl (C=O) groups is 1. The third-order valence-electron chi connectivity index (χ3n) is 5.48. The number of anilines is 1. The molecule has 4 rings (SSSR count). The van der Waals surface area contributed by atoms with E-state index in [1.54, 1.807) is 19.2 Å². The van der Waals surface area contributed by atoms with Gasteiger partial charge in [-0.15, -0.1) is 0 Å². The number of β-lactam (4-membered cyclic amide) rings is 1. The van der Waals surface area contributed by atoms with E-state index >= 15 is 0 Å². The average Bonchev–Trinajstić information content (AvgIpc) is 2.74. The second-order valence-corrected chi connectivity index (χ2v) is 7.33. The number of carbonyl (C=O) groups excluding carboxylic acids is 1. The van der Waals surface area contributed by atoms with Gasteiger partial charge in [0.15, 0.2) is 6.10 Å². The van der Waals surface area contributed by atoms with E-state index in [1.165, 1.54) is 31.4 Å². The zero-order chi connectivity index (χ0) is 19.5. The van der Waals surface area contributed by atoms with Gasteiger partial charge in [0.05, 0.1) is 13.2 Å².